The van der Waals surface area contributed by atoms with Crippen molar-refractivity contribution in [3.63, 3.8) is 0 Å². The van der Waals surface area contributed by atoms with E-state index in [9.17, 15) is 9.00 Å². The molecule has 5 heteroatoms. The van der Waals surface area contributed by atoms with E-state index in [1.165, 1.54) is 6.42 Å². The number of aromatic nitrogens is 1. The largest absolute Gasteiger partial charge is 0.417 e. The average molecular weight is 269 g/mol. The van der Waals surface area contributed by atoms with Crippen molar-refractivity contribution >= 4 is 21.9 Å². The number of hydrogen-bond acceptors (Lipinski definition) is 3. The van der Waals surface area contributed by atoms with Crippen LogP contribution in [-0.2, 0) is 10.8 Å². The van der Waals surface area contributed by atoms with E-state index >= 15 is 0 Å². The Morgan fingerprint density at radius 2 is 1.94 bits per heavy atom. The highest BCUT2D eigenvalue weighted by Crippen LogP contribution is 2.15. The lowest BCUT2D eigenvalue weighted by molar-refractivity contribution is 0.554. The molecule has 0 radical (unpaired) electrons. The lowest BCUT2D eigenvalue weighted by Gasteiger charge is -1.98. The fraction of sp³-hybridized carbons (Fsp3) is 0.462. The van der Waals surface area contributed by atoms with Crippen molar-refractivity contribution < 1.29 is 8.63 Å². The minimum absolute atomic E-state index is 0.460. The van der Waals surface area contributed by atoms with Gasteiger partial charge in [-0.25, -0.2) is 4.79 Å². The number of H-pyrrole nitrogens is 1. The fourth-order valence-electron chi connectivity index (χ4n) is 1.37. The molecule has 100 valence electrons. The molecule has 1 unspecified atom stereocenters. The Balaban J connectivity index is 0.000000492. The van der Waals surface area contributed by atoms with Crippen LogP contribution >= 0.6 is 0 Å². The van der Waals surface area contributed by atoms with Gasteiger partial charge in [0.25, 0.3) is 0 Å². The molecule has 4 nitrogen and oxygen atoms in total. The van der Waals surface area contributed by atoms with Crippen molar-refractivity contribution in [3.05, 3.63) is 28.7 Å². The molecule has 1 aromatic carbocycles. The van der Waals surface area contributed by atoms with Gasteiger partial charge in [-0.05, 0) is 24.6 Å². The molecule has 0 aliphatic carbocycles. The number of aromatic amines is 1. The smallest absolute Gasteiger partial charge is 0.408 e. The van der Waals surface area contributed by atoms with Crippen molar-refractivity contribution in [1.29, 1.82) is 0 Å². The Hall–Kier alpha value is -1.36. The third-order valence-electron chi connectivity index (χ3n) is 2.04. The first kappa shape index (κ1) is 14.7. The summed E-state index contributed by atoms with van der Waals surface area (Å²) in [4.78, 5) is 14.1. The van der Waals surface area contributed by atoms with E-state index in [4.69, 9.17) is 4.42 Å². The van der Waals surface area contributed by atoms with E-state index in [0.29, 0.717) is 21.7 Å². The van der Waals surface area contributed by atoms with Gasteiger partial charge in [0, 0.05) is 10.6 Å². The van der Waals surface area contributed by atoms with E-state index < -0.39 is 16.6 Å². The van der Waals surface area contributed by atoms with Gasteiger partial charge in [-0.2, -0.15) is 0 Å². The van der Waals surface area contributed by atoms with Crippen LogP contribution < -0.4 is 5.76 Å². The van der Waals surface area contributed by atoms with Crippen LogP contribution in [0.4, 0.5) is 0 Å². The van der Waals surface area contributed by atoms with Gasteiger partial charge in [0.05, 0.1) is 16.3 Å². The Morgan fingerprint density at radius 1 is 1.28 bits per heavy atom. The van der Waals surface area contributed by atoms with Gasteiger partial charge in [0.1, 0.15) is 0 Å². The maximum atomic E-state index is 11.7. The first-order chi connectivity index (χ1) is 8.62. The zero-order chi connectivity index (χ0) is 13.5. The molecule has 2 aromatic rings. The number of benzene rings is 1. The zero-order valence-corrected chi connectivity index (χ0v) is 11.8. The quantitative estimate of drug-likeness (QED) is 0.931. The number of nitrogens with one attached hydrogen (secondary N) is 1. The predicted molar refractivity (Wildman–Crippen MR) is 74.4 cm³/mol. The van der Waals surface area contributed by atoms with E-state index in [1.807, 2.05) is 6.92 Å². The normalized spacial score (nSPS) is 11.9. The van der Waals surface area contributed by atoms with Gasteiger partial charge in [-0.15, -0.1) is 0 Å². The predicted octanol–water partition coefficient (Wildman–Crippen LogP) is 3.06. The highest BCUT2D eigenvalue weighted by Gasteiger charge is 2.06. The van der Waals surface area contributed by atoms with E-state index in [0.717, 1.165) is 6.42 Å². The lowest BCUT2D eigenvalue weighted by atomic mass is 10.3. The monoisotopic (exact) mass is 269 g/mol. The third-order valence-corrected chi connectivity index (χ3v) is 3.60. The number of fused-ring (bicyclic) bond motifs is 1. The van der Waals surface area contributed by atoms with Gasteiger partial charge in [-0.3, -0.25) is 9.19 Å². The second-order valence-electron chi connectivity index (χ2n) is 3.93. The van der Waals surface area contributed by atoms with Crippen LogP contribution in [0.25, 0.3) is 11.1 Å². The maximum absolute atomic E-state index is 11.7. The number of oxazole rings is 1. The summed E-state index contributed by atoms with van der Waals surface area (Å²) in [7, 11) is -1.01. The van der Waals surface area contributed by atoms with Gasteiger partial charge in [0.15, 0.2) is 5.58 Å². The molecule has 1 aromatic heterocycles. The molecule has 2 rings (SSSR count). The topological polar surface area (TPSA) is 63.1 Å². The summed E-state index contributed by atoms with van der Waals surface area (Å²) in [6.45, 7) is 6.23. The van der Waals surface area contributed by atoms with E-state index in [1.54, 1.807) is 18.2 Å². The van der Waals surface area contributed by atoms with Crippen LogP contribution in [0.3, 0.4) is 0 Å². The SMILES string of the molecule is CCC.CCCS(=O)c1ccc2[nH]c(=O)oc2c1. The molecule has 0 saturated heterocycles. The third kappa shape index (κ3) is 3.84. The van der Waals surface area contributed by atoms with Crippen molar-refractivity contribution in [3.8, 4) is 0 Å². The molecular formula is C13H19NO3S. The van der Waals surface area contributed by atoms with Crippen molar-refractivity contribution in [2.75, 3.05) is 5.75 Å². The van der Waals surface area contributed by atoms with Gasteiger partial charge in [0.2, 0.25) is 0 Å². The fourth-order valence-corrected chi connectivity index (χ4v) is 2.44. The van der Waals surface area contributed by atoms with Crippen molar-refractivity contribution in [2.24, 2.45) is 0 Å². The molecule has 0 aliphatic rings. The molecule has 0 spiro atoms. The van der Waals surface area contributed by atoms with Gasteiger partial charge in [-0.1, -0.05) is 27.2 Å². The second-order valence-corrected chi connectivity index (χ2v) is 5.50. The molecule has 0 saturated carbocycles. The van der Waals surface area contributed by atoms with Crippen LogP contribution in [0.5, 0.6) is 0 Å². The second kappa shape index (κ2) is 7.16. The van der Waals surface area contributed by atoms with Crippen LogP contribution in [0.15, 0.2) is 32.3 Å². The molecule has 0 aliphatic heterocycles. The van der Waals surface area contributed by atoms with Crippen LogP contribution in [0.2, 0.25) is 0 Å². The minimum Gasteiger partial charge on any atom is -0.408 e. The lowest BCUT2D eigenvalue weighted by Crippen LogP contribution is -1.95. The summed E-state index contributed by atoms with van der Waals surface area (Å²) in [6.07, 6.45) is 2.11. The maximum Gasteiger partial charge on any atom is 0.417 e. The molecule has 1 N–H and O–H groups in total. The number of rotatable bonds is 3. The summed E-state index contributed by atoms with van der Waals surface area (Å²) < 4.78 is 16.6. The van der Waals surface area contributed by atoms with Crippen LogP contribution in [-0.4, -0.2) is 14.9 Å². The Labute approximate surface area is 109 Å². The molecule has 0 amide bonds. The summed E-state index contributed by atoms with van der Waals surface area (Å²) >= 11 is 0. The van der Waals surface area contributed by atoms with E-state index in [-0.39, 0.29) is 0 Å². The first-order valence-corrected chi connectivity index (χ1v) is 7.45. The highest BCUT2D eigenvalue weighted by molar-refractivity contribution is 7.85. The standard InChI is InChI=1S/C10H11NO3S.C3H8/c1-2-5-15(13)7-3-4-8-9(6-7)14-10(12)11-8;1-3-2/h3-4,6H,2,5H2,1H3,(H,11,12);3H2,1-2H3. The Kier molecular flexibility index (Phi) is 5.85. The summed E-state index contributed by atoms with van der Waals surface area (Å²) in [5.41, 5.74) is 1.10. The van der Waals surface area contributed by atoms with Crippen molar-refractivity contribution in [1.82, 2.24) is 4.98 Å². The minimum atomic E-state index is -1.01. The first-order valence-electron chi connectivity index (χ1n) is 6.13. The Bertz CT molecular complexity index is 571. The Morgan fingerprint density at radius 3 is 2.56 bits per heavy atom. The van der Waals surface area contributed by atoms with Crippen LogP contribution in [0.1, 0.15) is 33.6 Å². The van der Waals surface area contributed by atoms with Gasteiger partial charge >= 0.3 is 5.76 Å². The number of hydrogen-bond donors (Lipinski definition) is 1. The highest BCUT2D eigenvalue weighted by atomic mass is 32.2. The molecule has 1 heterocycles. The molecule has 0 fully saturated rings. The van der Waals surface area contributed by atoms with Crippen molar-refractivity contribution in [2.45, 2.75) is 38.5 Å². The molecule has 1 atom stereocenters. The van der Waals surface area contributed by atoms with E-state index in [2.05, 4.69) is 18.8 Å². The molecular weight excluding hydrogens is 250 g/mol. The summed E-state index contributed by atoms with van der Waals surface area (Å²) in [6, 6.07) is 5.11. The summed E-state index contributed by atoms with van der Waals surface area (Å²) in [5, 5.41) is 0. The van der Waals surface area contributed by atoms with Crippen LogP contribution in [0, 0.1) is 0 Å². The average Bonchev–Trinajstić information content (AvgIpc) is 2.69. The zero-order valence-electron chi connectivity index (χ0n) is 11.0. The molecule has 0 bridgehead atoms. The van der Waals surface area contributed by atoms with Gasteiger partial charge < -0.3 is 4.42 Å². The molecule has 18 heavy (non-hydrogen) atoms. The summed E-state index contributed by atoms with van der Waals surface area (Å²) in [5.74, 6) is 0.142.